The summed E-state index contributed by atoms with van der Waals surface area (Å²) in [6, 6.07) is -0.121. The maximum atomic E-state index is 14.3. The summed E-state index contributed by atoms with van der Waals surface area (Å²) in [5.41, 5.74) is -1.01. The van der Waals surface area contributed by atoms with E-state index in [0.717, 1.165) is 25.8 Å². The first-order chi connectivity index (χ1) is 17.8. The molecule has 1 amide bonds. The third-order valence-corrected chi connectivity index (χ3v) is 8.29. The highest BCUT2D eigenvalue weighted by atomic mass is 35.5. The molecule has 4 aliphatic rings. The molecule has 1 N–H and O–H groups in total. The smallest absolute Gasteiger partial charge is 0.410 e. The molecule has 4 fully saturated rings. The highest BCUT2D eigenvalue weighted by Crippen LogP contribution is 2.39. The van der Waals surface area contributed by atoms with Gasteiger partial charge in [0.15, 0.2) is 11.0 Å². The Morgan fingerprint density at radius 3 is 2.55 bits per heavy atom. The molecule has 208 valence electrons. The quantitative estimate of drug-likeness (QED) is 0.528. The van der Waals surface area contributed by atoms with Crippen molar-refractivity contribution in [2.24, 2.45) is 0 Å². The highest BCUT2D eigenvalue weighted by Gasteiger charge is 2.46. The molecule has 0 saturated carbocycles. The number of aromatic nitrogens is 3. The van der Waals surface area contributed by atoms with E-state index in [1.54, 1.807) is 4.90 Å². The zero-order valence-corrected chi connectivity index (χ0v) is 23.0. The van der Waals surface area contributed by atoms with Crippen LogP contribution in [0.3, 0.4) is 0 Å². The number of piperazine rings is 1. The first-order valence-electron chi connectivity index (χ1n) is 13.2. The Balaban J connectivity index is 0.000000244. The number of ether oxygens (including phenoxy) is 1. The van der Waals surface area contributed by atoms with E-state index >= 15 is 0 Å². The number of rotatable bonds is 1. The van der Waals surface area contributed by atoms with E-state index in [-0.39, 0.29) is 34.4 Å². The molecule has 2 bridgehead atoms. The Morgan fingerprint density at radius 1 is 1.24 bits per heavy atom. The van der Waals surface area contributed by atoms with Crippen molar-refractivity contribution in [3.63, 3.8) is 0 Å². The number of anilines is 1. The first-order valence-corrected chi connectivity index (χ1v) is 13.6. The molecule has 0 radical (unpaired) electrons. The van der Waals surface area contributed by atoms with Gasteiger partial charge in [0.25, 0.3) is 0 Å². The van der Waals surface area contributed by atoms with E-state index in [9.17, 15) is 18.4 Å². The third kappa shape index (κ3) is 5.19. The van der Waals surface area contributed by atoms with Crippen LogP contribution in [0.2, 0.25) is 5.15 Å². The SMILES string of the molecule is CC(C)(C)OC(=O)N1C2CCC1CN(c1nc(=O)[nH]c3c(F)c(Cl)ncc13)C2.C[C@@]12CCCN1CC(F)C2. The number of carbonyl (C=O) groups excluding carboxylic acids is 1. The summed E-state index contributed by atoms with van der Waals surface area (Å²) in [5, 5.41) is 0.0710. The zero-order chi connectivity index (χ0) is 27.4. The molecule has 2 aromatic rings. The predicted molar refractivity (Wildman–Crippen MR) is 141 cm³/mol. The largest absolute Gasteiger partial charge is 0.444 e. The van der Waals surface area contributed by atoms with Crippen LogP contribution in [0.4, 0.5) is 19.4 Å². The second kappa shape index (κ2) is 9.89. The van der Waals surface area contributed by atoms with Crippen LogP contribution in [-0.2, 0) is 4.74 Å². The number of hydrogen-bond acceptors (Lipinski definition) is 7. The Bertz CT molecular complexity index is 1270. The number of hydrogen-bond donors (Lipinski definition) is 1. The van der Waals surface area contributed by atoms with Crippen LogP contribution in [0.5, 0.6) is 0 Å². The molecule has 12 heteroatoms. The van der Waals surface area contributed by atoms with E-state index in [1.807, 2.05) is 25.7 Å². The summed E-state index contributed by atoms with van der Waals surface area (Å²) < 4.78 is 32.7. The molecular formula is C26H35ClF2N6O3. The van der Waals surface area contributed by atoms with Crippen molar-refractivity contribution >= 4 is 34.4 Å². The fourth-order valence-corrected chi connectivity index (χ4v) is 6.52. The van der Waals surface area contributed by atoms with Gasteiger partial charge in [-0.3, -0.25) is 9.80 Å². The number of aromatic amines is 1. The minimum absolute atomic E-state index is 0.0167. The van der Waals surface area contributed by atoms with E-state index in [4.69, 9.17) is 16.3 Å². The van der Waals surface area contributed by atoms with Crippen LogP contribution in [0.25, 0.3) is 10.9 Å². The molecule has 6 rings (SSSR count). The summed E-state index contributed by atoms with van der Waals surface area (Å²) in [4.78, 5) is 40.9. The van der Waals surface area contributed by atoms with Crippen molar-refractivity contribution in [3.05, 3.63) is 27.7 Å². The molecule has 4 saturated heterocycles. The normalized spacial score (nSPS) is 28.9. The molecule has 0 aliphatic carbocycles. The minimum Gasteiger partial charge on any atom is -0.444 e. The predicted octanol–water partition coefficient (Wildman–Crippen LogP) is 4.28. The van der Waals surface area contributed by atoms with Crippen LogP contribution in [-0.4, -0.2) is 86.4 Å². The fourth-order valence-electron chi connectivity index (χ4n) is 6.38. The maximum absolute atomic E-state index is 14.3. The van der Waals surface area contributed by atoms with Crippen molar-refractivity contribution in [3.8, 4) is 0 Å². The fraction of sp³-hybridized carbons (Fsp3) is 0.692. The van der Waals surface area contributed by atoms with Crippen LogP contribution in [0.15, 0.2) is 11.0 Å². The lowest BCUT2D eigenvalue weighted by Gasteiger charge is -2.41. The number of H-pyrrole nitrogens is 1. The monoisotopic (exact) mass is 552 g/mol. The number of nitrogens with one attached hydrogen (secondary N) is 1. The van der Waals surface area contributed by atoms with Crippen LogP contribution in [0, 0.1) is 5.82 Å². The van der Waals surface area contributed by atoms with Gasteiger partial charge in [0.2, 0.25) is 0 Å². The number of amides is 1. The van der Waals surface area contributed by atoms with E-state index in [0.29, 0.717) is 30.8 Å². The lowest BCUT2D eigenvalue weighted by atomic mass is 9.97. The average Bonchev–Trinajstić information content (AvgIpc) is 3.40. The first kappa shape index (κ1) is 27.1. The number of pyridine rings is 1. The maximum Gasteiger partial charge on any atom is 0.410 e. The van der Waals surface area contributed by atoms with Crippen LogP contribution < -0.4 is 10.6 Å². The molecule has 9 nitrogen and oxygen atoms in total. The standard InChI is InChI=1S/C18H21ClFN5O3.C8H14FN/c1-18(2,3)28-17(27)25-9-4-5-10(25)8-24(7-9)15-11-6-21-14(19)12(20)13(11)22-16(26)23-15;1-8-3-2-4-10(8)6-7(9)5-8/h6,9-10H,4-5,7-8H2,1-3H3,(H,22,23,26);7H,2-6H2,1H3/t;7?,8-/m.0/s1. The van der Waals surface area contributed by atoms with Gasteiger partial charge in [0.05, 0.1) is 23.0 Å². The van der Waals surface area contributed by atoms with Gasteiger partial charge in [-0.1, -0.05) is 11.6 Å². The topological polar surface area (TPSA) is 94.7 Å². The molecule has 2 aromatic heterocycles. The van der Waals surface area contributed by atoms with E-state index in [2.05, 4.69) is 26.8 Å². The Kier molecular flexibility index (Phi) is 7.04. The van der Waals surface area contributed by atoms with Crippen molar-refractivity contribution in [2.75, 3.05) is 31.1 Å². The molecule has 0 spiro atoms. The van der Waals surface area contributed by atoms with Crippen molar-refractivity contribution in [1.82, 2.24) is 24.8 Å². The van der Waals surface area contributed by atoms with Crippen LogP contribution in [0.1, 0.15) is 59.8 Å². The summed E-state index contributed by atoms with van der Waals surface area (Å²) in [7, 11) is 0. The van der Waals surface area contributed by atoms with Gasteiger partial charge in [-0.2, -0.15) is 4.98 Å². The Labute approximate surface area is 225 Å². The number of alkyl halides is 1. The van der Waals surface area contributed by atoms with Gasteiger partial charge in [0.1, 0.15) is 17.6 Å². The lowest BCUT2D eigenvalue weighted by Crippen LogP contribution is -2.57. The van der Waals surface area contributed by atoms with Gasteiger partial charge in [-0.05, 0) is 66.3 Å². The molecule has 38 heavy (non-hydrogen) atoms. The van der Waals surface area contributed by atoms with Gasteiger partial charge in [0, 0.05) is 31.4 Å². The van der Waals surface area contributed by atoms with Crippen molar-refractivity contribution in [2.45, 2.75) is 89.2 Å². The number of fused-ring (bicyclic) bond motifs is 4. The van der Waals surface area contributed by atoms with Gasteiger partial charge in [-0.25, -0.2) is 23.4 Å². The summed E-state index contributed by atoms with van der Waals surface area (Å²) in [5.74, 6) is -0.433. The number of carbonyl (C=O) groups is 1. The molecule has 6 heterocycles. The second-order valence-electron chi connectivity index (χ2n) is 12.0. The molecule has 3 unspecified atom stereocenters. The Hall–Kier alpha value is -2.53. The number of halogens is 3. The van der Waals surface area contributed by atoms with Crippen molar-refractivity contribution < 1.29 is 18.3 Å². The second-order valence-corrected chi connectivity index (χ2v) is 12.4. The Morgan fingerprint density at radius 2 is 1.92 bits per heavy atom. The van der Waals surface area contributed by atoms with Gasteiger partial charge >= 0.3 is 11.8 Å². The van der Waals surface area contributed by atoms with Crippen LogP contribution >= 0.6 is 11.6 Å². The zero-order valence-electron chi connectivity index (χ0n) is 22.3. The summed E-state index contributed by atoms with van der Waals surface area (Å²) >= 11 is 5.74. The summed E-state index contributed by atoms with van der Waals surface area (Å²) in [6.07, 6.45) is 5.43. The van der Waals surface area contributed by atoms with E-state index in [1.165, 1.54) is 19.0 Å². The lowest BCUT2D eigenvalue weighted by molar-refractivity contribution is 0.0123. The average molecular weight is 553 g/mol. The molecule has 4 aliphatic heterocycles. The third-order valence-electron chi connectivity index (χ3n) is 8.03. The number of nitrogens with zero attached hydrogens (tertiary/aromatic N) is 5. The van der Waals surface area contributed by atoms with Crippen molar-refractivity contribution in [1.29, 1.82) is 0 Å². The van der Waals surface area contributed by atoms with Gasteiger partial charge < -0.3 is 14.6 Å². The highest BCUT2D eigenvalue weighted by molar-refractivity contribution is 6.30. The van der Waals surface area contributed by atoms with E-state index < -0.39 is 23.3 Å². The minimum atomic E-state index is -0.782. The molecular weight excluding hydrogens is 518 g/mol. The summed E-state index contributed by atoms with van der Waals surface area (Å²) in [6.45, 7) is 10.5. The molecule has 0 aromatic carbocycles. The molecule has 4 atom stereocenters. The van der Waals surface area contributed by atoms with Gasteiger partial charge in [-0.15, -0.1) is 0 Å².